The highest BCUT2D eigenvalue weighted by Gasteiger charge is 2.15. The molecule has 2 nitrogen and oxygen atoms in total. The molecule has 0 bridgehead atoms. The van der Waals surface area contributed by atoms with Gasteiger partial charge in [0, 0.05) is 36.4 Å². The average Bonchev–Trinajstić information content (AvgIpc) is 2.23. The van der Waals surface area contributed by atoms with E-state index in [1.807, 2.05) is 0 Å². The van der Waals surface area contributed by atoms with Crippen molar-refractivity contribution in [2.45, 2.75) is 53.6 Å². The van der Waals surface area contributed by atoms with Crippen molar-refractivity contribution in [2.24, 2.45) is 5.41 Å². The van der Waals surface area contributed by atoms with Crippen LogP contribution in [0.1, 0.15) is 47.1 Å². The van der Waals surface area contributed by atoms with E-state index in [0.717, 1.165) is 23.7 Å². The van der Waals surface area contributed by atoms with E-state index < -0.39 is 0 Å². The van der Waals surface area contributed by atoms with Gasteiger partial charge in [0.25, 0.3) is 0 Å². The molecule has 0 fully saturated rings. The number of nitrogens with one attached hydrogen (secondary N) is 1. The van der Waals surface area contributed by atoms with Crippen molar-refractivity contribution < 1.29 is 0 Å². The first-order valence-electron chi connectivity index (χ1n) is 7.22. The van der Waals surface area contributed by atoms with Crippen LogP contribution in [0.15, 0.2) is 18.2 Å². The summed E-state index contributed by atoms with van der Waals surface area (Å²) >= 11 is 6.41. The summed E-state index contributed by atoms with van der Waals surface area (Å²) in [5.41, 5.74) is 2.69. The fourth-order valence-corrected chi connectivity index (χ4v) is 2.32. The maximum absolute atomic E-state index is 6.41. The predicted octanol–water partition coefficient (Wildman–Crippen LogP) is 4.71. The van der Waals surface area contributed by atoms with Crippen LogP contribution in [0.4, 0.5) is 5.69 Å². The number of rotatable bonds is 4. The third-order valence-corrected chi connectivity index (χ3v) is 3.35. The highest BCUT2D eigenvalue weighted by atomic mass is 35.5. The average molecular weight is 297 g/mol. The standard InChI is InChI=1S/C17H29ClN2/c1-16(2,3)12-20(7)14-9-8-13(15(18)10-14)11-19-17(4,5)6/h8-10,19H,11-12H2,1-7H3. The van der Waals surface area contributed by atoms with Gasteiger partial charge in [-0.1, -0.05) is 38.4 Å². The second-order valence-corrected chi connectivity index (χ2v) is 8.20. The molecule has 0 aliphatic rings. The van der Waals surface area contributed by atoms with Gasteiger partial charge >= 0.3 is 0 Å². The van der Waals surface area contributed by atoms with Gasteiger partial charge < -0.3 is 10.2 Å². The van der Waals surface area contributed by atoms with Crippen molar-refractivity contribution in [3.05, 3.63) is 28.8 Å². The van der Waals surface area contributed by atoms with Crippen molar-refractivity contribution in [3.8, 4) is 0 Å². The fourth-order valence-electron chi connectivity index (χ4n) is 2.08. The van der Waals surface area contributed by atoms with Gasteiger partial charge in [0.2, 0.25) is 0 Å². The number of halogens is 1. The number of hydrogen-bond acceptors (Lipinski definition) is 2. The van der Waals surface area contributed by atoms with Crippen LogP contribution in [0.3, 0.4) is 0 Å². The van der Waals surface area contributed by atoms with E-state index in [1.54, 1.807) is 0 Å². The van der Waals surface area contributed by atoms with E-state index in [1.165, 1.54) is 5.69 Å². The van der Waals surface area contributed by atoms with Gasteiger partial charge in [-0.3, -0.25) is 0 Å². The molecule has 0 unspecified atom stereocenters. The Morgan fingerprint density at radius 3 is 2.15 bits per heavy atom. The maximum atomic E-state index is 6.41. The molecule has 0 radical (unpaired) electrons. The van der Waals surface area contributed by atoms with Gasteiger partial charge in [-0.25, -0.2) is 0 Å². The lowest BCUT2D eigenvalue weighted by atomic mass is 9.96. The summed E-state index contributed by atoms with van der Waals surface area (Å²) in [6.45, 7) is 15.0. The van der Waals surface area contributed by atoms with Crippen molar-refractivity contribution in [1.29, 1.82) is 0 Å². The van der Waals surface area contributed by atoms with Crippen molar-refractivity contribution >= 4 is 17.3 Å². The zero-order chi connectivity index (χ0) is 15.6. The van der Waals surface area contributed by atoms with Crippen LogP contribution in [-0.2, 0) is 6.54 Å². The maximum Gasteiger partial charge on any atom is 0.0471 e. The Hall–Kier alpha value is -0.730. The van der Waals surface area contributed by atoms with Gasteiger partial charge in [-0.2, -0.15) is 0 Å². The molecule has 0 aliphatic heterocycles. The molecule has 1 aromatic rings. The minimum Gasteiger partial charge on any atom is -0.374 e. The quantitative estimate of drug-likeness (QED) is 0.865. The van der Waals surface area contributed by atoms with Gasteiger partial charge in [0.15, 0.2) is 0 Å². The van der Waals surface area contributed by atoms with Crippen LogP contribution in [-0.4, -0.2) is 19.1 Å². The summed E-state index contributed by atoms with van der Waals surface area (Å²) < 4.78 is 0. The van der Waals surface area contributed by atoms with E-state index in [2.05, 4.69) is 77.0 Å². The molecule has 20 heavy (non-hydrogen) atoms. The second-order valence-electron chi connectivity index (χ2n) is 7.80. The lowest BCUT2D eigenvalue weighted by molar-refractivity contribution is 0.418. The van der Waals surface area contributed by atoms with Crippen LogP contribution in [0, 0.1) is 5.41 Å². The largest absolute Gasteiger partial charge is 0.374 e. The van der Waals surface area contributed by atoms with E-state index in [4.69, 9.17) is 11.6 Å². The number of anilines is 1. The third kappa shape index (κ3) is 6.15. The first kappa shape index (κ1) is 17.3. The molecular formula is C17H29ClN2. The Labute approximate surface area is 129 Å². The Kier molecular flexibility index (Phi) is 5.51. The smallest absolute Gasteiger partial charge is 0.0471 e. The van der Waals surface area contributed by atoms with Crippen LogP contribution in [0.2, 0.25) is 5.02 Å². The minimum absolute atomic E-state index is 0.102. The molecule has 114 valence electrons. The molecule has 0 heterocycles. The predicted molar refractivity (Wildman–Crippen MR) is 90.8 cm³/mol. The molecule has 1 N–H and O–H groups in total. The molecule has 1 aromatic carbocycles. The van der Waals surface area contributed by atoms with Crippen molar-refractivity contribution in [2.75, 3.05) is 18.5 Å². The summed E-state index contributed by atoms with van der Waals surface area (Å²) in [6.07, 6.45) is 0. The van der Waals surface area contributed by atoms with Crippen LogP contribution in [0.25, 0.3) is 0 Å². The zero-order valence-electron chi connectivity index (χ0n) is 14.0. The summed E-state index contributed by atoms with van der Waals surface area (Å²) in [6, 6.07) is 6.33. The Bertz CT molecular complexity index is 441. The van der Waals surface area contributed by atoms with Gasteiger partial charge in [0.1, 0.15) is 0 Å². The molecule has 0 amide bonds. The minimum atomic E-state index is 0.102. The van der Waals surface area contributed by atoms with E-state index in [9.17, 15) is 0 Å². The Balaban J connectivity index is 2.77. The summed E-state index contributed by atoms with van der Waals surface area (Å²) in [7, 11) is 2.12. The summed E-state index contributed by atoms with van der Waals surface area (Å²) in [5.74, 6) is 0. The normalized spacial score (nSPS) is 12.6. The molecule has 0 saturated heterocycles. The molecule has 0 aliphatic carbocycles. The molecule has 0 atom stereocenters. The monoisotopic (exact) mass is 296 g/mol. The SMILES string of the molecule is CN(CC(C)(C)C)c1ccc(CNC(C)(C)C)c(Cl)c1. The van der Waals surface area contributed by atoms with Gasteiger partial charge in [0.05, 0.1) is 0 Å². The number of nitrogens with zero attached hydrogens (tertiary/aromatic N) is 1. The molecule has 0 spiro atoms. The molecule has 3 heteroatoms. The highest BCUT2D eigenvalue weighted by molar-refractivity contribution is 6.31. The molecule has 0 aromatic heterocycles. The number of hydrogen-bond donors (Lipinski definition) is 1. The molecular weight excluding hydrogens is 268 g/mol. The van der Waals surface area contributed by atoms with Crippen LogP contribution >= 0.6 is 11.6 Å². The van der Waals surface area contributed by atoms with Crippen LogP contribution in [0.5, 0.6) is 0 Å². The Morgan fingerprint density at radius 2 is 1.70 bits per heavy atom. The first-order valence-corrected chi connectivity index (χ1v) is 7.60. The highest BCUT2D eigenvalue weighted by Crippen LogP contribution is 2.26. The van der Waals surface area contributed by atoms with Gasteiger partial charge in [-0.05, 0) is 43.9 Å². The fraction of sp³-hybridized carbons (Fsp3) is 0.647. The second kappa shape index (κ2) is 6.36. The molecule has 0 saturated carbocycles. The lowest BCUT2D eigenvalue weighted by Gasteiger charge is -2.28. The van der Waals surface area contributed by atoms with E-state index in [-0.39, 0.29) is 11.0 Å². The first-order chi connectivity index (χ1) is 8.98. The topological polar surface area (TPSA) is 15.3 Å². The Morgan fingerprint density at radius 1 is 1.10 bits per heavy atom. The van der Waals surface area contributed by atoms with E-state index in [0.29, 0.717) is 0 Å². The molecule has 1 rings (SSSR count). The van der Waals surface area contributed by atoms with Crippen LogP contribution < -0.4 is 10.2 Å². The van der Waals surface area contributed by atoms with Crippen molar-refractivity contribution in [1.82, 2.24) is 5.32 Å². The number of benzene rings is 1. The van der Waals surface area contributed by atoms with E-state index >= 15 is 0 Å². The van der Waals surface area contributed by atoms with Gasteiger partial charge in [-0.15, -0.1) is 0 Å². The lowest BCUT2D eigenvalue weighted by Crippen LogP contribution is -2.35. The zero-order valence-corrected chi connectivity index (χ0v) is 14.7. The third-order valence-electron chi connectivity index (χ3n) is 3.00. The summed E-state index contributed by atoms with van der Waals surface area (Å²) in [5, 5.41) is 4.30. The summed E-state index contributed by atoms with van der Waals surface area (Å²) in [4.78, 5) is 2.26. The van der Waals surface area contributed by atoms with Crippen molar-refractivity contribution in [3.63, 3.8) is 0 Å².